The van der Waals surface area contributed by atoms with Gasteiger partial charge < -0.3 is 15.5 Å². The molecule has 1 aliphatic heterocycles. The second kappa shape index (κ2) is 9.92. The number of likely N-dealkylation sites (tertiary alicyclic amines) is 1. The molecule has 2 N–H and O–H groups in total. The molecule has 5 nitrogen and oxygen atoms in total. The van der Waals surface area contributed by atoms with Crippen molar-refractivity contribution in [1.29, 1.82) is 0 Å². The molecule has 1 atom stereocenters. The summed E-state index contributed by atoms with van der Waals surface area (Å²) in [6.45, 7) is 2.08. The van der Waals surface area contributed by atoms with Gasteiger partial charge in [0.05, 0.1) is 0 Å². The second-order valence-corrected chi connectivity index (χ2v) is 7.66. The van der Waals surface area contributed by atoms with Crippen molar-refractivity contribution >= 4 is 40.7 Å². The molecule has 3 rings (SSSR count). The van der Waals surface area contributed by atoms with Crippen LogP contribution in [0.1, 0.15) is 30.9 Å². The highest BCUT2D eigenvalue weighted by atomic mass is 35.5. The van der Waals surface area contributed by atoms with E-state index in [4.69, 9.17) is 23.2 Å². The van der Waals surface area contributed by atoms with Gasteiger partial charge >= 0.3 is 0 Å². The molecule has 0 saturated carbocycles. The Labute approximate surface area is 175 Å². The van der Waals surface area contributed by atoms with E-state index in [1.54, 1.807) is 18.2 Å². The molecule has 1 saturated heterocycles. The Kier molecular flexibility index (Phi) is 7.31. The lowest BCUT2D eigenvalue weighted by atomic mass is 10.1. The van der Waals surface area contributed by atoms with Gasteiger partial charge in [0.1, 0.15) is 6.04 Å². The molecule has 0 aliphatic carbocycles. The van der Waals surface area contributed by atoms with E-state index in [2.05, 4.69) is 10.6 Å². The molecule has 0 aromatic heterocycles. The van der Waals surface area contributed by atoms with Crippen LogP contribution in [0.15, 0.2) is 48.5 Å². The number of benzene rings is 2. The zero-order valence-electron chi connectivity index (χ0n) is 15.5. The minimum atomic E-state index is -0.592. The molecule has 7 heteroatoms. The average molecular weight is 420 g/mol. The third-order valence-electron chi connectivity index (χ3n) is 4.67. The van der Waals surface area contributed by atoms with Gasteiger partial charge in [0.2, 0.25) is 11.8 Å². The summed E-state index contributed by atoms with van der Waals surface area (Å²) < 4.78 is 0. The van der Waals surface area contributed by atoms with Crippen molar-refractivity contribution in [2.75, 3.05) is 25.0 Å². The fourth-order valence-corrected chi connectivity index (χ4v) is 3.82. The summed E-state index contributed by atoms with van der Waals surface area (Å²) in [4.78, 5) is 27.0. The van der Waals surface area contributed by atoms with Crippen LogP contribution in [0.25, 0.3) is 0 Å². The number of halogens is 2. The van der Waals surface area contributed by atoms with Gasteiger partial charge in [0.15, 0.2) is 0 Å². The number of carbonyl (C=O) groups excluding carboxylic acids is 2. The van der Waals surface area contributed by atoms with Gasteiger partial charge in [-0.3, -0.25) is 9.59 Å². The second-order valence-electron chi connectivity index (χ2n) is 6.78. The highest BCUT2D eigenvalue weighted by molar-refractivity contribution is 6.35. The summed E-state index contributed by atoms with van der Waals surface area (Å²) in [5.41, 5.74) is 1.35. The number of amides is 2. The van der Waals surface area contributed by atoms with Crippen LogP contribution in [0.3, 0.4) is 0 Å². The predicted molar refractivity (Wildman–Crippen MR) is 113 cm³/mol. The van der Waals surface area contributed by atoms with E-state index < -0.39 is 6.04 Å². The van der Waals surface area contributed by atoms with E-state index in [-0.39, 0.29) is 11.8 Å². The van der Waals surface area contributed by atoms with Gasteiger partial charge in [-0.05, 0) is 36.6 Å². The van der Waals surface area contributed by atoms with Crippen LogP contribution in [0.4, 0.5) is 5.69 Å². The number of anilines is 1. The molecule has 2 aromatic rings. The van der Waals surface area contributed by atoms with Crippen molar-refractivity contribution < 1.29 is 9.59 Å². The summed E-state index contributed by atoms with van der Waals surface area (Å²) in [6.07, 6.45) is 2.49. The van der Waals surface area contributed by atoms with Crippen molar-refractivity contribution in [2.45, 2.75) is 25.3 Å². The Morgan fingerprint density at radius 3 is 2.29 bits per heavy atom. The highest BCUT2D eigenvalue weighted by Crippen LogP contribution is 2.24. The number of hydrogen-bond donors (Lipinski definition) is 2. The van der Waals surface area contributed by atoms with Crippen LogP contribution in [0.5, 0.6) is 0 Å². The van der Waals surface area contributed by atoms with E-state index in [0.29, 0.717) is 28.7 Å². The lowest BCUT2D eigenvalue weighted by molar-refractivity contribution is -0.130. The maximum absolute atomic E-state index is 12.9. The Hall–Kier alpha value is -2.08. The normalized spacial score (nSPS) is 14.7. The molecular weight excluding hydrogens is 397 g/mol. The first kappa shape index (κ1) is 20.6. The van der Waals surface area contributed by atoms with Crippen LogP contribution in [-0.4, -0.2) is 36.3 Å². The Balaban J connectivity index is 1.66. The van der Waals surface area contributed by atoms with Crippen molar-refractivity contribution in [3.63, 3.8) is 0 Å². The van der Waals surface area contributed by atoms with Crippen LogP contribution in [0, 0.1) is 0 Å². The number of carbonyl (C=O) groups is 2. The van der Waals surface area contributed by atoms with Crippen LogP contribution < -0.4 is 10.6 Å². The monoisotopic (exact) mass is 419 g/mol. The van der Waals surface area contributed by atoms with Gasteiger partial charge in [-0.2, -0.15) is 0 Å². The van der Waals surface area contributed by atoms with Gasteiger partial charge in [0, 0.05) is 41.8 Å². The Morgan fingerprint density at radius 1 is 1.00 bits per heavy atom. The van der Waals surface area contributed by atoms with E-state index in [1.165, 1.54) is 0 Å². The topological polar surface area (TPSA) is 61.4 Å². The maximum atomic E-state index is 12.9. The summed E-state index contributed by atoms with van der Waals surface area (Å²) in [6, 6.07) is 13.7. The standard InChI is InChI=1S/C21H23Cl2N3O2/c22-16-12-17(23)14-18(13-16)25-21(28)20(15-6-2-1-3-7-15)24-9-8-19(27)26-10-4-5-11-26/h1-3,6-7,12-14,20,24H,4-5,8-11H2,(H,25,28)/t20-/m0/s1. The number of nitrogens with zero attached hydrogens (tertiary/aromatic N) is 1. The zero-order valence-corrected chi connectivity index (χ0v) is 17.0. The summed E-state index contributed by atoms with van der Waals surface area (Å²) in [7, 11) is 0. The third-order valence-corrected chi connectivity index (χ3v) is 5.11. The first-order valence-electron chi connectivity index (χ1n) is 9.36. The van der Waals surface area contributed by atoms with E-state index in [1.807, 2.05) is 35.2 Å². The fourth-order valence-electron chi connectivity index (χ4n) is 3.30. The predicted octanol–water partition coefficient (Wildman–Crippen LogP) is 4.28. The first-order valence-corrected chi connectivity index (χ1v) is 10.1. The van der Waals surface area contributed by atoms with Crippen molar-refractivity contribution in [3.05, 3.63) is 64.1 Å². The molecule has 1 fully saturated rings. The molecule has 0 radical (unpaired) electrons. The van der Waals surface area contributed by atoms with Crippen LogP contribution >= 0.6 is 23.2 Å². The summed E-state index contributed by atoms with van der Waals surface area (Å²) in [5.74, 6) is -0.114. The summed E-state index contributed by atoms with van der Waals surface area (Å²) in [5, 5.41) is 6.96. The molecule has 28 heavy (non-hydrogen) atoms. The highest BCUT2D eigenvalue weighted by Gasteiger charge is 2.22. The van der Waals surface area contributed by atoms with E-state index >= 15 is 0 Å². The summed E-state index contributed by atoms with van der Waals surface area (Å²) >= 11 is 12.0. The number of nitrogens with one attached hydrogen (secondary N) is 2. The fraction of sp³-hybridized carbons (Fsp3) is 0.333. The SMILES string of the molecule is O=C(Nc1cc(Cl)cc(Cl)c1)[C@@H](NCCC(=O)N1CCCC1)c1ccccc1. The van der Waals surface area contributed by atoms with E-state index in [0.717, 1.165) is 31.5 Å². The number of hydrogen-bond acceptors (Lipinski definition) is 3. The Morgan fingerprint density at radius 2 is 1.64 bits per heavy atom. The maximum Gasteiger partial charge on any atom is 0.246 e. The quantitative estimate of drug-likeness (QED) is 0.703. The smallest absolute Gasteiger partial charge is 0.246 e. The molecule has 0 spiro atoms. The minimum absolute atomic E-state index is 0.124. The molecule has 1 heterocycles. The average Bonchev–Trinajstić information content (AvgIpc) is 3.19. The van der Waals surface area contributed by atoms with Gasteiger partial charge in [-0.25, -0.2) is 0 Å². The molecule has 0 bridgehead atoms. The zero-order chi connectivity index (χ0) is 19.9. The van der Waals surface area contributed by atoms with Crippen LogP contribution in [0.2, 0.25) is 10.0 Å². The molecule has 2 aromatic carbocycles. The lowest BCUT2D eigenvalue weighted by Gasteiger charge is -2.20. The molecule has 1 aliphatic rings. The first-order chi connectivity index (χ1) is 13.5. The number of rotatable bonds is 7. The third kappa shape index (κ3) is 5.71. The Bertz CT molecular complexity index is 803. The van der Waals surface area contributed by atoms with Crippen molar-refractivity contribution in [1.82, 2.24) is 10.2 Å². The molecule has 148 valence electrons. The van der Waals surface area contributed by atoms with Crippen molar-refractivity contribution in [2.24, 2.45) is 0 Å². The minimum Gasteiger partial charge on any atom is -0.343 e. The molecule has 2 amide bonds. The van der Waals surface area contributed by atoms with Gasteiger partial charge in [0.25, 0.3) is 0 Å². The van der Waals surface area contributed by atoms with Gasteiger partial charge in [-0.15, -0.1) is 0 Å². The molecule has 0 unspecified atom stereocenters. The lowest BCUT2D eigenvalue weighted by Crippen LogP contribution is -2.36. The molecular formula is C21H23Cl2N3O2. The van der Waals surface area contributed by atoms with Crippen molar-refractivity contribution in [3.8, 4) is 0 Å². The van der Waals surface area contributed by atoms with E-state index in [9.17, 15) is 9.59 Å². The van der Waals surface area contributed by atoms with Crippen LogP contribution in [-0.2, 0) is 9.59 Å². The van der Waals surface area contributed by atoms with Gasteiger partial charge in [-0.1, -0.05) is 53.5 Å². The largest absolute Gasteiger partial charge is 0.343 e.